The van der Waals surface area contributed by atoms with E-state index in [2.05, 4.69) is 10.3 Å². The number of aliphatic imine (C=N–C) groups is 1. The Kier molecular flexibility index (Phi) is 4.45. The number of nitrogens with zero attached hydrogens (tertiary/aromatic N) is 2. The molecule has 3 N–H and O–H groups in total. The Hall–Kier alpha value is -2.42. The number of hydrogen-bond donors (Lipinski definition) is 2. The Morgan fingerprint density at radius 1 is 1.50 bits per heavy atom. The molecule has 0 spiro atoms. The summed E-state index contributed by atoms with van der Waals surface area (Å²) in [4.78, 5) is 37.6. The van der Waals surface area contributed by atoms with Gasteiger partial charge < -0.3 is 11.1 Å². The molecule has 0 aromatic heterocycles. The molecule has 116 valence electrons. The highest BCUT2D eigenvalue weighted by Crippen LogP contribution is 2.30. The van der Waals surface area contributed by atoms with Crippen LogP contribution in [0.3, 0.4) is 0 Å². The molecule has 1 unspecified atom stereocenters. The Bertz CT molecular complexity index is 702. The summed E-state index contributed by atoms with van der Waals surface area (Å²) in [6.45, 7) is 3.41. The molecular formula is C13H14N4O4S. The van der Waals surface area contributed by atoms with E-state index in [0.717, 1.165) is 17.3 Å². The first-order chi connectivity index (χ1) is 10.3. The third kappa shape index (κ3) is 3.42. The maximum Gasteiger partial charge on any atom is 0.293 e. The zero-order chi connectivity index (χ0) is 16.4. The molecule has 0 fully saturated rings. The van der Waals surface area contributed by atoms with Gasteiger partial charge in [-0.3, -0.25) is 19.7 Å². The highest BCUT2D eigenvalue weighted by atomic mass is 32.2. The van der Waals surface area contributed by atoms with Gasteiger partial charge in [0.1, 0.15) is 10.9 Å². The minimum atomic E-state index is -0.676. The molecule has 0 saturated carbocycles. The smallest absolute Gasteiger partial charge is 0.293 e. The van der Waals surface area contributed by atoms with Crippen LogP contribution in [-0.2, 0) is 9.59 Å². The molecule has 1 aromatic carbocycles. The van der Waals surface area contributed by atoms with Crippen molar-refractivity contribution >= 4 is 40.1 Å². The van der Waals surface area contributed by atoms with E-state index in [1.54, 1.807) is 19.9 Å². The van der Waals surface area contributed by atoms with Crippen molar-refractivity contribution in [3.63, 3.8) is 0 Å². The summed E-state index contributed by atoms with van der Waals surface area (Å²) in [5.74, 6) is -0.960. The molecule has 22 heavy (non-hydrogen) atoms. The van der Waals surface area contributed by atoms with Crippen molar-refractivity contribution in [3.8, 4) is 0 Å². The highest BCUT2D eigenvalue weighted by Gasteiger charge is 2.30. The van der Waals surface area contributed by atoms with E-state index in [-0.39, 0.29) is 23.0 Å². The number of carbonyl (C=O) groups excluding carboxylic acids is 2. The molecule has 2 amide bonds. The van der Waals surface area contributed by atoms with Gasteiger partial charge >= 0.3 is 0 Å². The van der Waals surface area contributed by atoms with Gasteiger partial charge in [-0.25, -0.2) is 0 Å². The maximum atomic E-state index is 12.0. The van der Waals surface area contributed by atoms with Crippen molar-refractivity contribution in [2.45, 2.75) is 25.5 Å². The molecule has 1 aliphatic rings. The first-order valence-electron chi connectivity index (χ1n) is 6.38. The number of nitrogens with one attached hydrogen (secondary N) is 1. The number of nitro benzene ring substituents is 1. The average molecular weight is 322 g/mol. The van der Waals surface area contributed by atoms with Gasteiger partial charge in [-0.2, -0.15) is 4.99 Å². The molecule has 1 atom stereocenters. The van der Waals surface area contributed by atoms with Gasteiger partial charge in [-0.15, -0.1) is 0 Å². The van der Waals surface area contributed by atoms with Gasteiger partial charge in [0, 0.05) is 12.5 Å². The van der Waals surface area contributed by atoms with Crippen LogP contribution in [-0.4, -0.2) is 27.2 Å². The summed E-state index contributed by atoms with van der Waals surface area (Å²) in [5.41, 5.74) is 6.70. The fourth-order valence-corrected chi connectivity index (χ4v) is 2.97. The predicted octanol–water partition coefficient (Wildman–Crippen LogP) is 1.50. The SMILES string of the molecule is Cc1cc(C)c(NC(=O)CC2SC(N)=NC2=O)c([N+](=O)[O-])c1. The Balaban J connectivity index is 2.15. The lowest BCUT2D eigenvalue weighted by Gasteiger charge is -2.11. The van der Waals surface area contributed by atoms with E-state index in [1.807, 2.05) is 0 Å². The van der Waals surface area contributed by atoms with Crippen molar-refractivity contribution in [3.05, 3.63) is 33.4 Å². The minimum absolute atomic E-state index is 0.125. The van der Waals surface area contributed by atoms with Gasteiger partial charge in [0.15, 0.2) is 5.17 Å². The molecule has 8 nitrogen and oxygen atoms in total. The molecule has 2 rings (SSSR count). The van der Waals surface area contributed by atoms with E-state index in [9.17, 15) is 19.7 Å². The van der Waals surface area contributed by atoms with Gasteiger partial charge in [0.25, 0.3) is 11.6 Å². The summed E-state index contributed by atoms with van der Waals surface area (Å²) < 4.78 is 0. The molecule has 0 bridgehead atoms. The highest BCUT2D eigenvalue weighted by molar-refractivity contribution is 8.15. The summed E-state index contributed by atoms with van der Waals surface area (Å²) in [6, 6.07) is 3.12. The van der Waals surface area contributed by atoms with Crippen LogP contribution in [0.5, 0.6) is 0 Å². The number of anilines is 1. The van der Waals surface area contributed by atoms with E-state index < -0.39 is 22.0 Å². The van der Waals surface area contributed by atoms with Crippen LogP contribution in [0.1, 0.15) is 17.5 Å². The number of benzene rings is 1. The Morgan fingerprint density at radius 2 is 2.18 bits per heavy atom. The second-order valence-corrected chi connectivity index (χ2v) is 6.10. The first kappa shape index (κ1) is 16.0. The van der Waals surface area contributed by atoms with Crippen LogP contribution in [0.4, 0.5) is 11.4 Å². The molecule has 9 heteroatoms. The van der Waals surface area contributed by atoms with Crippen LogP contribution >= 0.6 is 11.8 Å². The molecular weight excluding hydrogens is 308 g/mol. The van der Waals surface area contributed by atoms with Crippen molar-refractivity contribution in [2.75, 3.05) is 5.32 Å². The summed E-state index contributed by atoms with van der Waals surface area (Å²) in [7, 11) is 0. The number of thioether (sulfide) groups is 1. The van der Waals surface area contributed by atoms with Gasteiger partial charge in [0.2, 0.25) is 5.91 Å². The topological polar surface area (TPSA) is 128 Å². The standard InChI is InChI=1S/C13H14N4O4S/c1-6-3-7(2)11(8(4-6)17(20)21)15-10(18)5-9-12(19)16-13(14)22-9/h3-4,9H,5H2,1-2H3,(H,15,18)(H2,14,16,19). The number of nitrogens with two attached hydrogens (primary N) is 1. The number of amides is 2. The summed E-state index contributed by atoms with van der Waals surface area (Å²) in [6.07, 6.45) is -0.141. The molecule has 0 aliphatic carbocycles. The third-order valence-electron chi connectivity index (χ3n) is 3.05. The lowest BCUT2D eigenvalue weighted by atomic mass is 10.1. The Morgan fingerprint density at radius 3 is 2.73 bits per heavy atom. The average Bonchev–Trinajstić information content (AvgIpc) is 2.70. The van der Waals surface area contributed by atoms with Crippen molar-refractivity contribution in [1.82, 2.24) is 0 Å². The van der Waals surface area contributed by atoms with Crippen molar-refractivity contribution in [2.24, 2.45) is 10.7 Å². The lowest BCUT2D eigenvalue weighted by molar-refractivity contribution is -0.384. The maximum absolute atomic E-state index is 12.0. The number of aryl methyl sites for hydroxylation is 2. The first-order valence-corrected chi connectivity index (χ1v) is 7.26. The normalized spacial score (nSPS) is 17.3. The zero-order valence-electron chi connectivity index (χ0n) is 12.0. The van der Waals surface area contributed by atoms with E-state index in [0.29, 0.717) is 5.56 Å². The van der Waals surface area contributed by atoms with Crippen molar-refractivity contribution in [1.29, 1.82) is 0 Å². The second kappa shape index (κ2) is 6.14. The molecule has 1 heterocycles. The number of amidine groups is 1. The van der Waals surface area contributed by atoms with Gasteiger partial charge in [0.05, 0.1) is 4.92 Å². The molecule has 0 radical (unpaired) electrons. The summed E-state index contributed by atoms with van der Waals surface area (Å²) in [5, 5.41) is 13.1. The van der Waals surface area contributed by atoms with Crippen LogP contribution in [0.25, 0.3) is 0 Å². The quantitative estimate of drug-likeness (QED) is 0.638. The second-order valence-electron chi connectivity index (χ2n) is 4.88. The van der Waals surface area contributed by atoms with E-state index in [4.69, 9.17) is 5.73 Å². The predicted molar refractivity (Wildman–Crippen MR) is 83.8 cm³/mol. The number of hydrogen-bond acceptors (Lipinski definition) is 6. The van der Waals surface area contributed by atoms with Gasteiger partial charge in [-0.05, 0) is 25.0 Å². The van der Waals surface area contributed by atoms with Crippen molar-refractivity contribution < 1.29 is 14.5 Å². The molecule has 0 saturated heterocycles. The molecule has 1 aliphatic heterocycles. The van der Waals surface area contributed by atoms with Gasteiger partial charge in [-0.1, -0.05) is 17.8 Å². The van der Waals surface area contributed by atoms with Crippen LogP contribution in [0.15, 0.2) is 17.1 Å². The third-order valence-corrected chi connectivity index (χ3v) is 4.04. The monoisotopic (exact) mass is 322 g/mol. The van der Waals surface area contributed by atoms with Crippen LogP contribution in [0, 0.1) is 24.0 Å². The minimum Gasteiger partial charge on any atom is -0.378 e. The van der Waals surface area contributed by atoms with Crippen LogP contribution < -0.4 is 11.1 Å². The van der Waals surface area contributed by atoms with E-state index >= 15 is 0 Å². The number of rotatable bonds is 4. The number of nitro groups is 1. The number of carbonyl (C=O) groups is 2. The largest absolute Gasteiger partial charge is 0.378 e. The Labute approximate surface area is 130 Å². The summed E-state index contributed by atoms with van der Waals surface area (Å²) >= 11 is 1.01. The zero-order valence-corrected chi connectivity index (χ0v) is 12.8. The lowest BCUT2D eigenvalue weighted by Crippen LogP contribution is -2.22. The van der Waals surface area contributed by atoms with E-state index in [1.165, 1.54) is 6.07 Å². The van der Waals surface area contributed by atoms with Crippen LogP contribution in [0.2, 0.25) is 0 Å². The fraction of sp³-hybridized carbons (Fsp3) is 0.308. The fourth-order valence-electron chi connectivity index (χ4n) is 2.14. The molecule has 1 aromatic rings.